The summed E-state index contributed by atoms with van der Waals surface area (Å²) in [6.07, 6.45) is 0. The number of nitrogens with zero attached hydrogens (tertiary/aromatic N) is 4. The maximum absolute atomic E-state index is 6.32. The topological polar surface area (TPSA) is 56.7 Å². The number of hydrogen-bond donors (Lipinski definition) is 0. The zero-order chi connectivity index (χ0) is 37.5. The average Bonchev–Trinajstić information content (AvgIpc) is 3.95. The first-order valence-corrected chi connectivity index (χ1v) is 19.8. The number of para-hydroxylation sites is 2. The van der Waals surface area contributed by atoms with Crippen molar-refractivity contribution in [3.8, 4) is 51.0 Å². The van der Waals surface area contributed by atoms with Crippen molar-refractivity contribution in [1.82, 2.24) is 19.5 Å². The summed E-state index contributed by atoms with van der Waals surface area (Å²) in [6, 6.07) is 63.9. The molecule has 0 spiro atoms. The fourth-order valence-electron chi connectivity index (χ4n) is 8.41. The van der Waals surface area contributed by atoms with E-state index in [1.165, 1.54) is 25.6 Å². The van der Waals surface area contributed by atoms with Crippen LogP contribution in [-0.4, -0.2) is 19.5 Å². The van der Waals surface area contributed by atoms with Gasteiger partial charge in [0, 0.05) is 70.2 Å². The van der Waals surface area contributed by atoms with Crippen LogP contribution in [0, 0.1) is 0 Å². The SMILES string of the molecule is c1ccc(-c2nc(-c3ccccc3)nc(-c3cccc4sc5ccc(-c6ccc7c(c6)c6ccccc6n7-c6ccc7c(c6)oc6ccccc67)cc5c34)n2)cc1. The van der Waals surface area contributed by atoms with Gasteiger partial charge in [0.1, 0.15) is 11.2 Å². The van der Waals surface area contributed by atoms with Gasteiger partial charge >= 0.3 is 0 Å². The molecule has 6 heteroatoms. The number of fused-ring (bicyclic) bond motifs is 9. The molecule has 12 aromatic rings. The van der Waals surface area contributed by atoms with E-state index in [-0.39, 0.29) is 0 Å². The molecule has 0 saturated carbocycles. The maximum Gasteiger partial charge on any atom is 0.164 e. The molecule has 5 nitrogen and oxygen atoms in total. The van der Waals surface area contributed by atoms with E-state index in [1.807, 2.05) is 72.8 Å². The van der Waals surface area contributed by atoms with Crippen LogP contribution in [0.2, 0.25) is 0 Å². The highest BCUT2D eigenvalue weighted by Crippen LogP contribution is 2.43. The minimum atomic E-state index is 0.654. The molecule has 0 bridgehead atoms. The summed E-state index contributed by atoms with van der Waals surface area (Å²) in [5.41, 5.74) is 10.4. The third-order valence-electron chi connectivity index (χ3n) is 11.1. The molecule has 0 fully saturated rings. The van der Waals surface area contributed by atoms with Crippen LogP contribution in [0.5, 0.6) is 0 Å². The molecule has 12 rings (SSSR count). The largest absolute Gasteiger partial charge is 0.456 e. The Balaban J connectivity index is 1.02. The van der Waals surface area contributed by atoms with E-state index in [9.17, 15) is 0 Å². The Morgan fingerprint density at radius 1 is 0.386 bits per heavy atom. The highest BCUT2D eigenvalue weighted by Gasteiger charge is 2.19. The summed E-state index contributed by atoms with van der Waals surface area (Å²) in [5.74, 6) is 1.97. The van der Waals surface area contributed by atoms with Crippen LogP contribution in [0.25, 0.3) is 115 Å². The first kappa shape index (κ1) is 31.9. The number of aromatic nitrogens is 4. The molecule has 0 N–H and O–H groups in total. The van der Waals surface area contributed by atoms with Gasteiger partial charge in [0.25, 0.3) is 0 Å². The standard InChI is InChI=1S/C51H30N4OS/c1-3-12-31(13-4-1)49-52-50(32-14-5-2-6-15-32)54-51(53-49)39-18-11-21-47-48(39)41-29-34(23-27-46(41)57-47)33-22-26-43-40(28-33)36-16-7-9-19-42(36)55(43)35-24-25-38-37-17-8-10-20-44(37)56-45(38)30-35/h1-30H. The van der Waals surface area contributed by atoms with E-state index in [2.05, 4.69) is 114 Å². The third kappa shape index (κ3) is 5.12. The number of furan rings is 1. The van der Waals surface area contributed by atoms with Crippen molar-refractivity contribution in [3.05, 3.63) is 182 Å². The highest BCUT2D eigenvalue weighted by molar-refractivity contribution is 7.26. The summed E-state index contributed by atoms with van der Waals surface area (Å²) in [6.45, 7) is 0. The Labute approximate surface area is 330 Å². The summed E-state index contributed by atoms with van der Waals surface area (Å²) in [7, 11) is 0. The fourth-order valence-corrected chi connectivity index (χ4v) is 9.52. The molecule has 0 aliphatic carbocycles. The second-order valence-corrected chi connectivity index (χ2v) is 15.5. The predicted molar refractivity (Wildman–Crippen MR) is 236 cm³/mol. The molecule has 4 aromatic heterocycles. The first-order chi connectivity index (χ1) is 28.2. The van der Waals surface area contributed by atoms with Gasteiger partial charge in [-0.05, 0) is 65.7 Å². The van der Waals surface area contributed by atoms with E-state index in [0.717, 1.165) is 71.9 Å². The molecule has 0 unspecified atom stereocenters. The average molecular weight is 747 g/mol. The van der Waals surface area contributed by atoms with Crippen LogP contribution >= 0.6 is 11.3 Å². The number of thiophene rings is 1. The molecule has 0 saturated heterocycles. The van der Waals surface area contributed by atoms with Gasteiger partial charge in [-0.25, -0.2) is 15.0 Å². The zero-order valence-corrected chi connectivity index (χ0v) is 31.2. The Kier molecular flexibility index (Phi) is 7.03. The predicted octanol–water partition coefficient (Wildman–Crippen LogP) is 13.9. The maximum atomic E-state index is 6.32. The molecule has 0 radical (unpaired) electrons. The monoisotopic (exact) mass is 746 g/mol. The molecule has 266 valence electrons. The summed E-state index contributed by atoms with van der Waals surface area (Å²) in [4.78, 5) is 15.2. The van der Waals surface area contributed by atoms with E-state index in [1.54, 1.807) is 11.3 Å². The lowest BCUT2D eigenvalue weighted by molar-refractivity contribution is 0.668. The zero-order valence-electron chi connectivity index (χ0n) is 30.4. The van der Waals surface area contributed by atoms with Gasteiger partial charge in [0.05, 0.1) is 11.0 Å². The van der Waals surface area contributed by atoms with Crippen LogP contribution in [0.4, 0.5) is 0 Å². The van der Waals surface area contributed by atoms with E-state index in [0.29, 0.717) is 17.5 Å². The lowest BCUT2D eigenvalue weighted by Gasteiger charge is -2.10. The van der Waals surface area contributed by atoms with Gasteiger partial charge in [0.2, 0.25) is 0 Å². The summed E-state index contributed by atoms with van der Waals surface area (Å²) in [5, 5.41) is 7.02. The molecule has 57 heavy (non-hydrogen) atoms. The molecule has 0 aliphatic rings. The Morgan fingerprint density at radius 2 is 1.02 bits per heavy atom. The summed E-state index contributed by atoms with van der Waals surface area (Å²) < 4.78 is 11.1. The second kappa shape index (κ2) is 12.6. The lowest BCUT2D eigenvalue weighted by Crippen LogP contribution is -2.00. The van der Waals surface area contributed by atoms with Crippen LogP contribution in [0.15, 0.2) is 186 Å². The Morgan fingerprint density at radius 3 is 1.81 bits per heavy atom. The first-order valence-electron chi connectivity index (χ1n) is 19.0. The number of rotatable bonds is 5. The quantitative estimate of drug-likeness (QED) is 0.176. The lowest BCUT2D eigenvalue weighted by atomic mass is 9.99. The molecule has 4 heterocycles. The molecular formula is C51H30N4OS. The smallest absolute Gasteiger partial charge is 0.164 e. The van der Waals surface area contributed by atoms with Gasteiger partial charge in [-0.3, -0.25) is 0 Å². The fraction of sp³-hybridized carbons (Fsp3) is 0. The van der Waals surface area contributed by atoms with Crippen molar-refractivity contribution >= 4 is 75.3 Å². The van der Waals surface area contributed by atoms with Crippen molar-refractivity contribution < 1.29 is 4.42 Å². The van der Waals surface area contributed by atoms with E-state index in [4.69, 9.17) is 19.4 Å². The molecular weight excluding hydrogens is 717 g/mol. The molecule has 8 aromatic carbocycles. The number of benzene rings is 8. The van der Waals surface area contributed by atoms with Crippen molar-refractivity contribution in [3.63, 3.8) is 0 Å². The van der Waals surface area contributed by atoms with Crippen LogP contribution in [-0.2, 0) is 0 Å². The molecule has 0 amide bonds. The third-order valence-corrected chi connectivity index (χ3v) is 12.2. The Hall–Kier alpha value is -7.41. The van der Waals surface area contributed by atoms with E-state index < -0.39 is 0 Å². The second-order valence-electron chi connectivity index (χ2n) is 14.4. The molecule has 0 aliphatic heterocycles. The van der Waals surface area contributed by atoms with Crippen molar-refractivity contribution in [2.75, 3.05) is 0 Å². The van der Waals surface area contributed by atoms with Crippen LogP contribution in [0.1, 0.15) is 0 Å². The van der Waals surface area contributed by atoms with Gasteiger partial charge in [-0.2, -0.15) is 0 Å². The Bertz CT molecular complexity index is 3470. The van der Waals surface area contributed by atoms with Crippen LogP contribution < -0.4 is 0 Å². The van der Waals surface area contributed by atoms with Gasteiger partial charge < -0.3 is 8.98 Å². The minimum Gasteiger partial charge on any atom is -0.456 e. The highest BCUT2D eigenvalue weighted by atomic mass is 32.1. The molecule has 0 atom stereocenters. The van der Waals surface area contributed by atoms with Crippen molar-refractivity contribution in [1.29, 1.82) is 0 Å². The number of hydrogen-bond acceptors (Lipinski definition) is 5. The van der Waals surface area contributed by atoms with Crippen LogP contribution in [0.3, 0.4) is 0 Å². The van der Waals surface area contributed by atoms with Crippen molar-refractivity contribution in [2.24, 2.45) is 0 Å². The van der Waals surface area contributed by atoms with E-state index >= 15 is 0 Å². The van der Waals surface area contributed by atoms with Crippen molar-refractivity contribution in [2.45, 2.75) is 0 Å². The normalized spacial score (nSPS) is 11.9. The van der Waals surface area contributed by atoms with Gasteiger partial charge in [0.15, 0.2) is 17.5 Å². The summed E-state index contributed by atoms with van der Waals surface area (Å²) >= 11 is 1.80. The van der Waals surface area contributed by atoms with Gasteiger partial charge in [-0.1, -0.05) is 121 Å². The minimum absolute atomic E-state index is 0.654. The van der Waals surface area contributed by atoms with Gasteiger partial charge in [-0.15, -0.1) is 11.3 Å².